The summed E-state index contributed by atoms with van der Waals surface area (Å²) in [5, 5.41) is 0.586. The van der Waals surface area contributed by atoms with Crippen molar-refractivity contribution in [1.82, 2.24) is 4.90 Å². The Bertz CT molecular complexity index is 464. The van der Waals surface area contributed by atoms with Gasteiger partial charge in [0.15, 0.2) is 0 Å². The number of ether oxygens (including phenoxy) is 1. The Morgan fingerprint density at radius 2 is 2.28 bits per heavy atom. The minimum atomic E-state index is -0.244. The Morgan fingerprint density at radius 1 is 1.56 bits per heavy atom. The average molecular weight is 269 g/mol. The number of rotatable bonds is 3. The lowest BCUT2D eigenvalue weighted by Crippen LogP contribution is -2.33. The van der Waals surface area contributed by atoms with Gasteiger partial charge in [-0.05, 0) is 19.1 Å². The molecule has 18 heavy (non-hydrogen) atoms. The highest BCUT2D eigenvalue weighted by Gasteiger charge is 2.40. The molecule has 1 saturated heterocycles. The maximum Gasteiger partial charge on any atom is 0.224 e. The molecule has 1 aliphatic rings. The summed E-state index contributed by atoms with van der Waals surface area (Å²) in [6, 6.07) is 5.01. The molecule has 0 spiro atoms. The number of methoxy groups -OCH3 is 1. The molecule has 0 radical (unpaired) electrons. The molecule has 1 heterocycles. The van der Waals surface area contributed by atoms with Crippen molar-refractivity contribution in [3.8, 4) is 5.75 Å². The van der Waals surface area contributed by atoms with Crippen LogP contribution in [0.15, 0.2) is 18.2 Å². The standard InChI is InChI=1S/C13H17ClN2O2/c1-3-16-11(17)7-9(15)13(16)12-8(14)5-4-6-10(12)18-2/h4-6,9,13H,3,7,15H2,1-2H3. The molecule has 2 unspecified atom stereocenters. The minimum absolute atomic E-state index is 0.0666. The first kappa shape index (κ1) is 13.2. The molecule has 1 fully saturated rings. The minimum Gasteiger partial charge on any atom is -0.496 e. The molecule has 1 aliphatic heterocycles. The number of carbonyl (C=O) groups is 1. The molecule has 98 valence electrons. The summed E-state index contributed by atoms with van der Waals surface area (Å²) < 4.78 is 5.34. The third kappa shape index (κ3) is 2.06. The van der Waals surface area contributed by atoms with E-state index < -0.39 is 0 Å². The third-order valence-electron chi connectivity index (χ3n) is 3.34. The molecule has 2 atom stereocenters. The number of hydrogen-bond acceptors (Lipinski definition) is 3. The summed E-state index contributed by atoms with van der Waals surface area (Å²) in [4.78, 5) is 13.6. The number of hydrogen-bond donors (Lipinski definition) is 1. The first-order valence-corrected chi connectivity index (χ1v) is 6.35. The van der Waals surface area contributed by atoms with Gasteiger partial charge in [-0.1, -0.05) is 17.7 Å². The van der Waals surface area contributed by atoms with Crippen molar-refractivity contribution in [2.24, 2.45) is 5.73 Å². The van der Waals surface area contributed by atoms with Crippen LogP contribution in [0.5, 0.6) is 5.75 Å². The molecule has 1 aromatic rings. The zero-order chi connectivity index (χ0) is 13.3. The average Bonchev–Trinajstić information content (AvgIpc) is 2.63. The van der Waals surface area contributed by atoms with Crippen molar-refractivity contribution in [2.45, 2.75) is 25.4 Å². The van der Waals surface area contributed by atoms with E-state index >= 15 is 0 Å². The van der Waals surface area contributed by atoms with E-state index in [2.05, 4.69) is 0 Å². The quantitative estimate of drug-likeness (QED) is 0.912. The van der Waals surface area contributed by atoms with Gasteiger partial charge >= 0.3 is 0 Å². The van der Waals surface area contributed by atoms with E-state index in [-0.39, 0.29) is 18.0 Å². The lowest BCUT2D eigenvalue weighted by atomic mass is 9.99. The van der Waals surface area contributed by atoms with Crippen LogP contribution in [0, 0.1) is 0 Å². The van der Waals surface area contributed by atoms with Crippen LogP contribution in [0.4, 0.5) is 0 Å². The number of likely N-dealkylation sites (N-methyl/N-ethyl adjacent to an activating group) is 1. The summed E-state index contributed by atoms with van der Waals surface area (Å²) in [5.74, 6) is 0.744. The first-order valence-electron chi connectivity index (χ1n) is 5.97. The Hall–Kier alpha value is -1.26. The monoisotopic (exact) mass is 268 g/mol. The van der Waals surface area contributed by atoms with Crippen LogP contribution in [0.25, 0.3) is 0 Å². The summed E-state index contributed by atoms with van der Waals surface area (Å²) >= 11 is 6.25. The Morgan fingerprint density at radius 3 is 2.89 bits per heavy atom. The van der Waals surface area contributed by atoms with E-state index in [9.17, 15) is 4.79 Å². The fourth-order valence-electron chi connectivity index (χ4n) is 2.54. The zero-order valence-corrected chi connectivity index (χ0v) is 11.3. The molecule has 0 aliphatic carbocycles. The van der Waals surface area contributed by atoms with Gasteiger partial charge in [0.05, 0.1) is 13.2 Å². The van der Waals surface area contributed by atoms with Gasteiger partial charge in [0.25, 0.3) is 0 Å². The number of carbonyl (C=O) groups excluding carboxylic acids is 1. The number of benzene rings is 1. The third-order valence-corrected chi connectivity index (χ3v) is 3.67. The lowest BCUT2D eigenvalue weighted by Gasteiger charge is -2.28. The molecule has 2 N–H and O–H groups in total. The van der Waals surface area contributed by atoms with Crippen LogP contribution < -0.4 is 10.5 Å². The molecule has 1 amide bonds. The largest absolute Gasteiger partial charge is 0.496 e. The van der Waals surface area contributed by atoms with E-state index in [0.29, 0.717) is 23.7 Å². The van der Waals surface area contributed by atoms with Crippen LogP contribution >= 0.6 is 11.6 Å². The molecule has 4 nitrogen and oxygen atoms in total. The maximum absolute atomic E-state index is 11.9. The van der Waals surface area contributed by atoms with Gasteiger partial charge in [-0.3, -0.25) is 4.79 Å². The van der Waals surface area contributed by atoms with Gasteiger partial charge in [0.2, 0.25) is 5.91 Å². The molecular formula is C13H17ClN2O2. The fraction of sp³-hybridized carbons (Fsp3) is 0.462. The molecule has 0 aromatic heterocycles. The second-order valence-corrected chi connectivity index (χ2v) is 4.76. The van der Waals surface area contributed by atoms with Crippen LogP contribution in [0.1, 0.15) is 24.9 Å². The molecule has 2 rings (SSSR count). The highest BCUT2D eigenvalue weighted by Crippen LogP contribution is 2.40. The maximum atomic E-state index is 11.9. The van der Waals surface area contributed by atoms with Gasteiger partial charge in [0, 0.05) is 29.6 Å². The molecule has 5 heteroatoms. The predicted molar refractivity (Wildman–Crippen MR) is 70.7 cm³/mol. The van der Waals surface area contributed by atoms with Crippen molar-refractivity contribution < 1.29 is 9.53 Å². The number of nitrogens with zero attached hydrogens (tertiary/aromatic N) is 1. The van der Waals surface area contributed by atoms with Gasteiger partial charge in [0.1, 0.15) is 5.75 Å². The van der Waals surface area contributed by atoms with Crippen molar-refractivity contribution in [1.29, 1.82) is 0 Å². The summed E-state index contributed by atoms with van der Waals surface area (Å²) in [5.41, 5.74) is 6.89. The Kier molecular flexibility index (Phi) is 3.78. The number of likely N-dealkylation sites (tertiary alicyclic amines) is 1. The highest BCUT2D eigenvalue weighted by molar-refractivity contribution is 6.31. The number of amides is 1. The highest BCUT2D eigenvalue weighted by atomic mass is 35.5. The van der Waals surface area contributed by atoms with Gasteiger partial charge < -0.3 is 15.4 Å². The molecular weight excluding hydrogens is 252 g/mol. The van der Waals surface area contributed by atoms with Crippen molar-refractivity contribution in [3.05, 3.63) is 28.8 Å². The Balaban J connectivity index is 2.50. The predicted octanol–water partition coefficient (Wildman–Crippen LogP) is 1.97. The van der Waals surface area contributed by atoms with Crippen molar-refractivity contribution >= 4 is 17.5 Å². The summed E-state index contributed by atoms with van der Waals surface area (Å²) in [6.07, 6.45) is 0.354. The Labute approximate surface area is 112 Å². The normalized spacial score (nSPS) is 23.6. The second-order valence-electron chi connectivity index (χ2n) is 4.35. The SMILES string of the molecule is CCN1C(=O)CC(N)C1c1c(Cl)cccc1OC. The van der Waals surface area contributed by atoms with E-state index in [1.807, 2.05) is 19.1 Å². The van der Waals surface area contributed by atoms with E-state index in [1.165, 1.54) is 0 Å². The van der Waals surface area contributed by atoms with Gasteiger partial charge in [-0.25, -0.2) is 0 Å². The molecule has 1 aromatic carbocycles. The fourth-order valence-corrected chi connectivity index (χ4v) is 2.82. The van der Waals surface area contributed by atoms with Crippen LogP contribution in [-0.4, -0.2) is 30.5 Å². The van der Waals surface area contributed by atoms with Crippen LogP contribution in [-0.2, 0) is 4.79 Å². The number of nitrogens with two attached hydrogens (primary N) is 1. The van der Waals surface area contributed by atoms with Crippen LogP contribution in [0.3, 0.4) is 0 Å². The summed E-state index contributed by atoms with van der Waals surface area (Å²) in [7, 11) is 1.59. The van der Waals surface area contributed by atoms with E-state index in [1.54, 1.807) is 18.1 Å². The lowest BCUT2D eigenvalue weighted by molar-refractivity contribution is -0.128. The van der Waals surface area contributed by atoms with E-state index in [4.69, 9.17) is 22.1 Å². The topological polar surface area (TPSA) is 55.6 Å². The molecule has 0 saturated carbocycles. The van der Waals surface area contributed by atoms with E-state index in [0.717, 1.165) is 5.56 Å². The zero-order valence-electron chi connectivity index (χ0n) is 10.5. The smallest absolute Gasteiger partial charge is 0.224 e. The van der Waals surface area contributed by atoms with Crippen molar-refractivity contribution in [3.63, 3.8) is 0 Å². The summed E-state index contributed by atoms with van der Waals surface area (Å²) in [6.45, 7) is 2.55. The van der Waals surface area contributed by atoms with Crippen LogP contribution in [0.2, 0.25) is 5.02 Å². The molecule has 0 bridgehead atoms. The van der Waals surface area contributed by atoms with Gasteiger partial charge in [-0.15, -0.1) is 0 Å². The van der Waals surface area contributed by atoms with Gasteiger partial charge in [-0.2, -0.15) is 0 Å². The first-order chi connectivity index (χ1) is 8.60. The second kappa shape index (κ2) is 5.16. The number of halogens is 1. The van der Waals surface area contributed by atoms with Crippen molar-refractivity contribution in [2.75, 3.05) is 13.7 Å².